The Hall–Kier alpha value is -3.34. The highest BCUT2D eigenvalue weighted by molar-refractivity contribution is 7.99. The van der Waals surface area contributed by atoms with Crippen molar-refractivity contribution in [2.24, 2.45) is 24.8 Å². The Morgan fingerprint density at radius 2 is 2.02 bits per heavy atom. The summed E-state index contributed by atoms with van der Waals surface area (Å²) in [5, 5.41) is 17.2. The Kier molecular flexibility index (Phi) is 8.20. The predicted molar refractivity (Wildman–Crippen MR) is 186 cm³/mol. The molecule has 2 aliphatic carbocycles. The number of aryl methyl sites for hydroxylation is 2. The summed E-state index contributed by atoms with van der Waals surface area (Å²) >= 11 is 6.45. The lowest BCUT2D eigenvalue weighted by Crippen LogP contribution is -2.52. The van der Waals surface area contributed by atoms with Crippen molar-refractivity contribution in [3.05, 3.63) is 82.4 Å². The molecule has 9 nitrogen and oxygen atoms in total. The number of nitrogens with zero attached hydrogens (tertiary/aromatic N) is 4. The van der Waals surface area contributed by atoms with Crippen LogP contribution in [0.2, 0.25) is 5.02 Å². The third-order valence-corrected chi connectivity index (χ3v) is 13.8. The van der Waals surface area contributed by atoms with Gasteiger partial charge in [0.25, 0.3) is 5.91 Å². The molecule has 1 amide bonds. The van der Waals surface area contributed by atoms with E-state index in [-0.39, 0.29) is 23.2 Å². The lowest BCUT2D eigenvalue weighted by Gasteiger charge is -2.48. The van der Waals surface area contributed by atoms with Gasteiger partial charge in [0.2, 0.25) is 0 Å². The van der Waals surface area contributed by atoms with Crippen molar-refractivity contribution in [3.63, 3.8) is 0 Å². The largest absolute Gasteiger partial charge is 0.490 e. The van der Waals surface area contributed by atoms with E-state index >= 15 is 0 Å². The first-order chi connectivity index (χ1) is 22.4. The van der Waals surface area contributed by atoms with Crippen LogP contribution in [-0.2, 0) is 34.2 Å². The van der Waals surface area contributed by atoms with E-state index in [4.69, 9.17) is 16.3 Å². The van der Waals surface area contributed by atoms with Gasteiger partial charge < -0.3 is 14.7 Å². The van der Waals surface area contributed by atoms with Crippen LogP contribution < -0.4 is 14.4 Å². The van der Waals surface area contributed by atoms with Crippen LogP contribution in [0.1, 0.15) is 73.3 Å². The van der Waals surface area contributed by atoms with Crippen LogP contribution in [0.3, 0.4) is 0 Å². The molecule has 7 atom stereocenters. The molecular formula is C36H44ClN5O4S. The van der Waals surface area contributed by atoms with E-state index in [0.29, 0.717) is 43.3 Å². The van der Waals surface area contributed by atoms with Gasteiger partial charge in [-0.3, -0.25) is 14.2 Å². The summed E-state index contributed by atoms with van der Waals surface area (Å²) in [5.74, 6) is 4.74. The maximum atomic E-state index is 13.8. The van der Waals surface area contributed by atoms with E-state index < -0.39 is 26.5 Å². The van der Waals surface area contributed by atoms with E-state index in [2.05, 4.69) is 37.7 Å². The molecule has 3 heterocycles. The first-order valence-corrected chi connectivity index (χ1v) is 18.8. The minimum Gasteiger partial charge on any atom is -0.490 e. The van der Waals surface area contributed by atoms with Crippen molar-refractivity contribution < 1.29 is 18.8 Å². The molecule has 47 heavy (non-hydrogen) atoms. The van der Waals surface area contributed by atoms with Crippen LogP contribution in [0.5, 0.6) is 5.75 Å². The number of allylic oxidation sites excluding steroid dienone is 1. The minimum atomic E-state index is -3.00. The molecule has 1 fully saturated rings. The fourth-order valence-corrected chi connectivity index (χ4v) is 9.94. The Morgan fingerprint density at radius 1 is 1.19 bits per heavy atom. The average Bonchev–Trinajstić information content (AvgIpc) is 3.40. The third kappa shape index (κ3) is 5.66. The summed E-state index contributed by atoms with van der Waals surface area (Å²) in [4.78, 5) is 20.5. The van der Waals surface area contributed by atoms with Crippen LogP contribution in [0.4, 0.5) is 5.69 Å². The molecule has 0 radical (unpaired) electrons. The number of benzene rings is 2. The van der Waals surface area contributed by atoms with Crippen molar-refractivity contribution in [2.75, 3.05) is 24.6 Å². The van der Waals surface area contributed by atoms with Crippen LogP contribution >= 0.6 is 11.6 Å². The first kappa shape index (κ1) is 32.2. The van der Waals surface area contributed by atoms with Crippen molar-refractivity contribution in [2.45, 2.75) is 68.6 Å². The first-order valence-electron chi connectivity index (χ1n) is 16.6. The van der Waals surface area contributed by atoms with Crippen molar-refractivity contribution in [1.82, 2.24) is 19.5 Å². The van der Waals surface area contributed by atoms with Gasteiger partial charge >= 0.3 is 0 Å². The standard InChI is InChI=1S/C36H44ClN5O4S/c1-23-7-5-16-36(44,34-38-22-39-41(34)3)30-12-9-27(30)19-42-20-35(15-6-8-25-17-28(37)11-13-29(25)35)21-46-32-14-10-26(18-31(32)42)33(43)40-47(4,45)24(23)2/h5,10-11,13-14,16-18,22-24,27,30,44H,4,6-9,12,15,19-21H2,1-3H3,(H,40,43,45)/b16-5+/t23-,24+,27-,30+,35-,36+,47?/m0/s1. The number of fused-ring (bicyclic) bond motifs is 4. The Balaban J connectivity index is 1.35. The van der Waals surface area contributed by atoms with Crippen LogP contribution in [0.15, 0.2) is 54.9 Å². The lowest BCUT2D eigenvalue weighted by atomic mass is 9.63. The van der Waals surface area contributed by atoms with Gasteiger partial charge in [0, 0.05) is 47.3 Å². The number of aromatic nitrogens is 3. The number of carbonyl (C=O) groups excluding carboxylic acids is 1. The monoisotopic (exact) mass is 677 g/mol. The molecule has 7 rings (SSSR count). The van der Waals surface area contributed by atoms with Gasteiger partial charge in [-0.05, 0) is 111 Å². The van der Waals surface area contributed by atoms with Gasteiger partial charge in [0.15, 0.2) is 5.82 Å². The molecule has 0 saturated heterocycles. The molecule has 1 aromatic heterocycles. The van der Waals surface area contributed by atoms with Gasteiger partial charge in [-0.15, -0.1) is 0 Å². The number of aliphatic hydroxyl groups is 1. The number of hydrogen-bond acceptors (Lipinski definition) is 7. The fourth-order valence-electron chi connectivity index (χ4n) is 8.27. The number of ether oxygens (including phenoxy) is 1. The van der Waals surface area contributed by atoms with E-state index in [9.17, 15) is 14.1 Å². The third-order valence-electron chi connectivity index (χ3n) is 11.4. The van der Waals surface area contributed by atoms with E-state index in [1.807, 2.05) is 51.2 Å². The smallest absolute Gasteiger partial charge is 0.262 e. The maximum absolute atomic E-state index is 13.8. The molecule has 3 aromatic rings. The number of halogens is 1. The second-order valence-corrected chi connectivity index (χ2v) is 17.1. The summed E-state index contributed by atoms with van der Waals surface area (Å²) < 4.78 is 24.9. The summed E-state index contributed by atoms with van der Waals surface area (Å²) in [7, 11) is -1.19. The number of nitrogens with one attached hydrogen (secondary N) is 1. The highest BCUT2D eigenvalue weighted by Crippen LogP contribution is 2.50. The second-order valence-electron chi connectivity index (χ2n) is 14.2. The Labute approximate surface area is 282 Å². The zero-order chi connectivity index (χ0) is 33.1. The molecule has 4 aliphatic rings. The SMILES string of the molecule is C=S1(=O)NC(=O)c2ccc3c(c2)N(C[C@@H]2CC[C@H]2[C@@](O)(c2ncnn2C)/C=C/C[C@H](C)[C@H]1C)C[C@@]1(CCCc2cc(Cl)ccc21)CO3. The van der Waals surface area contributed by atoms with Gasteiger partial charge in [-0.2, -0.15) is 5.10 Å². The van der Waals surface area contributed by atoms with E-state index in [1.165, 1.54) is 17.5 Å². The summed E-state index contributed by atoms with van der Waals surface area (Å²) in [6, 6.07) is 11.7. The van der Waals surface area contributed by atoms with Crippen LogP contribution in [-0.4, -0.2) is 60.8 Å². The highest BCUT2D eigenvalue weighted by atomic mass is 35.5. The molecule has 250 valence electrons. The predicted octanol–water partition coefficient (Wildman–Crippen LogP) is 5.20. The van der Waals surface area contributed by atoms with Gasteiger partial charge in [0.05, 0.1) is 22.0 Å². The molecule has 1 saturated carbocycles. The number of anilines is 1. The van der Waals surface area contributed by atoms with Crippen molar-refractivity contribution in [3.8, 4) is 5.75 Å². The Bertz CT molecular complexity index is 1840. The topological polar surface area (TPSA) is 110 Å². The molecule has 11 heteroatoms. The zero-order valence-corrected chi connectivity index (χ0v) is 28.9. The van der Waals surface area contributed by atoms with Gasteiger partial charge in [-0.1, -0.05) is 30.7 Å². The van der Waals surface area contributed by atoms with E-state index in [1.54, 1.807) is 10.7 Å². The van der Waals surface area contributed by atoms with Crippen molar-refractivity contribution in [1.29, 1.82) is 0 Å². The molecule has 2 N–H and O–H groups in total. The quantitative estimate of drug-likeness (QED) is 0.269. The van der Waals surface area contributed by atoms with Gasteiger partial charge in [0.1, 0.15) is 17.7 Å². The second kappa shape index (κ2) is 12.0. The summed E-state index contributed by atoms with van der Waals surface area (Å²) in [6.45, 7) is 5.69. The Morgan fingerprint density at radius 3 is 2.77 bits per heavy atom. The highest BCUT2D eigenvalue weighted by Gasteiger charge is 2.50. The van der Waals surface area contributed by atoms with Crippen molar-refractivity contribution >= 4 is 38.8 Å². The zero-order valence-electron chi connectivity index (χ0n) is 27.3. The normalized spacial score (nSPS) is 34.7. The van der Waals surface area contributed by atoms with Crippen LogP contribution in [0, 0.1) is 17.8 Å². The molecule has 1 spiro atoms. The molecule has 1 unspecified atom stereocenters. The van der Waals surface area contributed by atoms with E-state index in [0.717, 1.165) is 42.8 Å². The molecule has 2 aromatic carbocycles. The minimum absolute atomic E-state index is 0.0780. The van der Waals surface area contributed by atoms with Crippen LogP contribution in [0.25, 0.3) is 0 Å². The van der Waals surface area contributed by atoms with Gasteiger partial charge in [-0.25, -0.2) is 9.19 Å². The molecule has 2 bridgehead atoms. The lowest BCUT2D eigenvalue weighted by molar-refractivity contribution is -0.0582. The number of rotatable bonds is 1. The molecular weight excluding hydrogens is 634 g/mol. The summed E-state index contributed by atoms with van der Waals surface area (Å²) in [6.07, 6.45) is 10.6. The maximum Gasteiger partial charge on any atom is 0.262 e. The fraction of sp³-hybridized carbons (Fsp3) is 0.500. The molecule has 2 aliphatic heterocycles. The number of hydrogen-bond donors (Lipinski definition) is 2. The number of amides is 1. The average molecular weight is 678 g/mol. The summed E-state index contributed by atoms with van der Waals surface area (Å²) in [5.41, 5.74) is 2.12. The number of carbonyl (C=O) groups is 1.